The molecule has 0 radical (unpaired) electrons. The molecule has 1 aliphatic heterocycles. The molecule has 1 heterocycles. The maximum absolute atomic E-state index is 11.2. The summed E-state index contributed by atoms with van der Waals surface area (Å²) in [5.41, 5.74) is 2.57. The Bertz CT molecular complexity index is 543. The molecular weight excluding hydrogens is 262 g/mol. The van der Waals surface area contributed by atoms with Crippen molar-refractivity contribution >= 4 is 5.97 Å². The summed E-state index contributed by atoms with van der Waals surface area (Å²) in [5.74, 6) is 0.261. The van der Waals surface area contributed by atoms with Gasteiger partial charge in [0.15, 0.2) is 0 Å². The van der Waals surface area contributed by atoms with Crippen molar-refractivity contribution in [1.29, 1.82) is 0 Å². The summed E-state index contributed by atoms with van der Waals surface area (Å²) in [6.45, 7) is 1.46. The predicted octanol–water partition coefficient (Wildman–Crippen LogP) is 1.90. The number of hydrogen-bond donors (Lipinski definition) is 1. The molecule has 0 aromatic heterocycles. The van der Waals surface area contributed by atoms with E-state index in [4.69, 9.17) is 4.74 Å². The Hall–Kier alpha value is -2.13. The number of esters is 1. The highest BCUT2D eigenvalue weighted by molar-refractivity contribution is 5.71. The quantitative estimate of drug-likeness (QED) is 0.851. The minimum atomic E-state index is -0.0654. The van der Waals surface area contributed by atoms with Crippen LogP contribution in [-0.2, 0) is 9.53 Å². The van der Waals surface area contributed by atoms with Gasteiger partial charge in [0.05, 0.1) is 18.9 Å². The van der Waals surface area contributed by atoms with E-state index in [1.54, 1.807) is 0 Å². The van der Waals surface area contributed by atoms with E-state index in [9.17, 15) is 4.79 Å². The van der Waals surface area contributed by atoms with Gasteiger partial charge in [0, 0.05) is 11.1 Å². The number of nitrogens with two attached hydrogens (primary N) is 1. The van der Waals surface area contributed by atoms with Crippen molar-refractivity contribution in [3.63, 3.8) is 0 Å². The summed E-state index contributed by atoms with van der Waals surface area (Å²) >= 11 is 0. The molecule has 1 atom stereocenters. The normalized spacial score (nSPS) is 18.0. The van der Waals surface area contributed by atoms with E-state index in [2.05, 4.69) is 53.8 Å². The third kappa shape index (κ3) is 3.50. The van der Waals surface area contributed by atoms with Crippen molar-refractivity contribution in [2.75, 3.05) is 13.2 Å². The second-order valence-electron chi connectivity index (χ2n) is 5.52. The van der Waals surface area contributed by atoms with Crippen LogP contribution < -0.4 is 5.32 Å². The molecular formula is C18H20NO2+. The van der Waals surface area contributed by atoms with Crippen LogP contribution in [-0.4, -0.2) is 19.1 Å². The molecule has 2 aromatic carbocycles. The lowest BCUT2D eigenvalue weighted by atomic mass is 9.98. The molecule has 0 amide bonds. The van der Waals surface area contributed by atoms with E-state index >= 15 is 0 Å². The second kappa shape index (κ2) is 6.55. The zero-order valence-corrected chi connectivity index (χ0v) is 11.9. The van der Waals surface area contributed by atoms with Crippen LogP contribution >= 0.6 is 0 Å². The van der Waals surface area contributed by atoms with Gasteiger partial charge in [-0.25, -0.2) is 0 Å². The molecule has 108 valence electrons. The lowest BCUT2D eigenvalue weighted by Crippen LogP contribution is -2.86. The maximum Gasteiger partial charge on any atom is 0.306 e. The van der Waals surface area contributed by atoms with Gasteiger partial charge in [-0.3, -0.25) is 4.79 Å². The van der Waals surface area contributed by atoms with E-state index < -0.39 is 0 Å². The molecule has 1 aliphatic rings. The SMILES string of the molecule is O=C1CC(C[NH2+]C(c2ccccc2)c2ccccc2)CO1. The highest BCUT2D eigenvalue weighted by Gasteiger charge is 2.27. The third-order valence-electron chi connectivity index (χ3n) is 3.96. The van der Waals surface area contributed by atoms with Gasteiger partial charge in [0.1, 0.15) is 12.6 Å². The Balaban J connectivity index is 1.75. The molecule has 21 heavy (non-hydrogen) atoms. The minimum absolute atomic E-state index is 0.0654. The number of carbonyl (C=O) groups excluding carboxylic acids is 1. The van der Waals surface area contributed by atoms with E-state index in [1.807, 2.05) is 12.1 Å². The van der Waals surface area contributed by atoms with Crippen LogP contribution in [0.4, 0.5) is 0 Å². The topological polar surface area (TPSA) is 42.9 Å². The molecule has 2 N–H and O–H groups in total. The summed E-state index contributed by atoms with van der Waals surface area (Å²) in [5, 5.41) is 2.32. The van der Waals surface area contributed by atoms with Gasteiger partial charge < -0.3 is 10.1 Å². The van der Waals surface area contributed by atoms with E-state index in [-0.39, 0.29) is 12.0 Å². The fourth-order valence-corrected chi connectivity index (χ4v) is 2.83. The van der Waals surface area contributed by atoms with Gasteiger partial charge in [-0.05, 0) is 0 Å². The van der Waals surface area contributed by atoms with E-state index in [0.717, 1.165) is 6.54 Å². The number of quaternary nitrogens is 1. The molecule has 3 heteroatoms. The Morgan fingerprint density at radius 3 is 2.05 bits per heavy atom. The van der Waals surface area contributed by atoms with E-state index in [0.29, 0.717) is 18.9 Å². The van der Waals surface area contributed by atoms with Crippen molar-refractivity contribution in [3.8, 4) is 0 Å². The summed E-state index contributed by atoms with van der Waals surface area (Å²) < 4.78 is 5.05. The monoisotopic (exact) mass is 282 g/mol. The second-order valence-corrected chi connectivity index (χ2v) is 5.52. The first kappa shape index (κ1) is 13.8. The number of benzene rings is 2. The molecule has 2 aromatic rings. The highest BCUT2D eigenvalue weighted by atomic mass is 16.5. The van der Waals surface area contributed by atoms with Gasteiger partial charge in [0.25, 0.3) is 0 Å². The smallest absolute Gasteiger partial charge is 0.306 e. The minimum Gasteiger partial charge on any atom is -0.465 e. The first-order chi connectivity index (χ1) is 10.3. The maximum atomic E-state index is 11.2. The van der Waals surface area contributed by atoms with Gasteiger partial charge in [-0.15, -0.1) is 0 Å². The molecule has 1 unspecified atom stereocenters. The zero-order chi connectivity index (χ0) is 14.5. The number of carbonyl (C=O) groups is 1. The number of cyclic esters (lactones) is 1. The number of hydrogen-bond acceptors (Lipinski definition) is 2. The van der Waals surface area contributed by atoms with Crippen molar-refractivity contribution in [2.24, 2.45) is 5.92 Å². The Morgan fingerprint density at radius 2 is 1.57 bits per heavy atom. The van der Waals surface area contributed by atoms with Crippen molar-refractivity contribution in [2.45, 2.75) is 12.5 Å². The van der Waals surface area contributed by atoms with Crippen LogP contribution in [0, 0.1) is 5.92 Å². The Labute approximate surface area is 124 Å². The molecule has 0 aliphatic carbocycles. The zero-order valence-electron chi connectivity index (χ0n) is 11.9. The van der Waals surface area contributed by atoms with Crippen molar-refractivity contribution in [1.82, 2.24) is 0 Å². The first-order valence-corrected chi connectivity index (χ1v) is 7.42. The van der Waals surface area contributed by atoms with Crippen LogP contribution in [0.3, 0.4) is 0 Å². The van der Waals surface area contributed by atoms with Gasteiger partial charge >= 0.3 is 5.97 Å². The predicted molar refractivity (Wildman–Crippen MR) is 80.6 cm³/mol. The number of ether oxygens (including phenoxy) is 1. The molecule has 0 spiro atoms. The number of rotatable bonds is 5. The summed E-state index contributed by atoms with van der Waals surface area (Å²) in [7, 11) is 0. The summed E-state index contributed by atoms with van der Waals surface area (Å²) in [6, 6.07) is 21.3. The summed E-state index contributed by atoms with van der Waals surface area (Å²) in [4.78, 5) is 11.2. The largest absolute Gasteiger partial charge is 0.465 e. The molecule has 3 nitrogen and oxygen atoms in total. The summed E-state index contributed by atoms with van der Waals surface area (Å²) in [6.07, 6.45) is 0.548. The molecule has 1 saturated heterocycles. The molecule has 0 bridgehead atoms. The van der Waals surface area contributed by atoms with Crippen LogP contribution in [0.1, 0.15) is 23.6 Å². The van der Waals surface area contributed by atoms with Crippen molar-refractivity contribution in [3.05, 3.63) is 71.8 Å². The fourth-order valence-electron chi connectivity index (χ4n) is 2.83. The molecule has 0 saturated carbocycles. The molecule has 1 fully saturated rings. The lowest BCUT2D eigenvalue weighted by Gasteiger charge is -2.18. The highest BCUT2D eigenvalue weighted by Crippen LogP contribution is 2.18. The Kier molecular flexibility index (Phi) is 4.31. The van der Waals surface area contributed by atoms with E-state index in [1.165, 1.54) is 11.1 Å². The van der Waals surface area contributed by atoms with Crippen molar-refractivity contribution < 1.29 is 14.8 Å². The lowest BCUT2D eigenvalue weighted by molar-refractivity contribution is -0.692. The van der Waals surface area contributed by atoms with Gasteiger partial charge in [-0.1, -0.05) is 60.7 Å². The fraction of sp³-hybridized carbons (Fsp3) is 0.278. The third-order valence-corrected chi connectivity index (χ3v) is 3.96. The molecule has 3 rings (SSSR count). The van der Waals surface area contributed by atoms with Gasteiger partial charge in [-0.2, -0.15) is 0 Å². The average molecular weight is 282 g/mol. The van der Waals surface area contributed by atoms with Crippen LogP contribution in [0.5, 0.6) is 0 Å². The van der Waals surface area contributed by atoms with Crippen LogP contribution in [0.2, 0.25) is 0 Å². The van der Waals surface area contributed by atoms with Gasteiger partial charge in [0.2, 0.25) is 0 Å². The first-order valence-electron chi connectivity index (χ1n) is 7.42. The standard InChI is InChI=1S/C18H19NO2/c20-17-11-14(13-21-17)12-19-18(15-7-3-1-4-8-15)16-9-5-2-6-10-16/h1-10,14,18-19H,11-13H2/p+1. The van der Waals surface area contributed by atoms with Crippen LogP contribution in [0.15, 0.2) is 60.7 Å². The average Bonchev–Trinajstić information content (AvgIpc) is 2.95. The Morgan fingerprint density at radius 1 is 1.00 bits per heavy atom. The van der Waals surface area contributed by atoms with Crippen LogP contribution in [0.25, 0.3) is 0 Å².